The molecule has 3 heterocycles. The SMILES string of the molecule is CC1(CO)CC(F)(F)Cc2c1[nH]c(=O)c1sc(-c3cn[nH]c3)cc21. The molecule has 0 saturated carbocycles. The zero-order valence-corrected chi connectivity index (χ0v) is 13.6. The van der Waals surface area contributed by atoms with Gasteiger partial charge in [-0.3, -0.25) is 9.89 Å². The third-order valence-electron chi connectivity index (χ3n) is 4.62. The van der Waals surface area contributed by atoms with Crippen molar-refractivity contribution >= 4 is 21.4 Å². The largest absolute Gasteiger partial charge is 0.395 e. The molecule has 24 heavy (non-hydrogen) atoms. The highest BCUT2D eigenvalue weighted by molar-refractivity contribution is 7.22. The number of aromatic amines is 2. The highest BCUT2D eigenvalue weighted by Crippen LogP contribution is 2.46. The Hall–Kier alpha value is -2.06. The Balaban J connectivity index is 2.03. The molecule has 0 spiro atoms. The van der Waals surface area contributed by atoms with Crippen LogP contribution in [-0.4, -0.2) is 32.8 Å². The molecule has 126 valence electrons. The van der Waals surface area contributed by atoms with Gasteiger partial charge in [-0.1, -0.05) is 6.92 Å². The third kappa shape index (κ3) is 2.21. The normalized spacial score (nSPS) is 22.7. The molecule has 4 rings (SSSR count). The molecule has 1 aliphatic carbocycles. The van der Waals surface area contributed by atoms with Crippen molar-refractivity contribution in [3.8, 4) is 10.4 Å². The van der Waals surface area contributed by atoms with Gasteiger partial charge in [0, 0.05) is 46.0 Å². The quantitative estimate of drug-likeness (QED) is 0.664. The Kier molecular flexibility index (Phi) is 3.20. The number of aliphatic hydroxyl groups is 1. The van der Waals surface area contributed by atoms with Crippen molar-refractivity contribution in [1.29, 1.82) is 0 Å². The molecular weight excluding hydrogens is 336 g/mol. The monoisotopic (exact) mass is 351 g/mol. The number of aromatic nitrogens is 3. The van der Waals surface area contributed by atoms with E-state index in [2.05, 4.69) is 15.2 Å². The zero-order chi connectivity index (χ0) is 17.1. The lowest BCUT2D eigenvalue weighted by atomic mass is 9.72. The maximum absolute atomic E-state index is 14.3. The number of pyridine rings is 1. The van der Waals surface area contributed by atoms with Crippen LogP contribution in [0.15, 0.2) is 23.3 Å². The molecular formula is C16H15F2N3O2S. The van der Waals surface area contributed by atoms with E-state index in [1.807, 2.05) is 0 Å². The van der Waals surface area contributed by atoms with Crippen molar-refractivity contribution in [2.24, 2.45) is 0 Å². The van der Waals surface area contributed by atoms with Crippen molar-refractivity contribution in [1.82, 2.24) is 15.2 Å². The molecule has 3 N–H and O–H groups in total. The van der Waals surface area contributed by atoms with Gasteiger partial charge in [-0.05, 0) is 11.6 Å². The van der Waals surface area contributed by atoms with Gasteiger partial charge in [0.2, 0.25) is 0 Å². The number of aliphatic hydroxyl groups excluding tert-OH is 1. The Morgan fingerprint density at radius 3 is 2.92 bits per heavy atom. The van der Waals surface area contributed by atoms with Gasteiger partial charge in [0.1, 0.15) is 4.70 Å². The van der Waals surface area contributed by atoms with E-state index in [-0.39, 0.29) is 5.56 Å². The summed E-state index contributed by atoms with van der Waals surface area (Å²) < 4.78 is 28.9. The molecule has 1 unspecified atom stereocenters. The number of nitrogens with zero attached hydrogens (tertiary/aromatic N) is 1. The van der Waals surface area contributed by atoms with Crippen LogP contribution in [0.3, 0.4) is 0 Å². The fraction of sp³-hybridized carbons (Fsp3) is 0.375. The minimum absolute atomic E-state index is 0.312. The first kappa shape index (κ1) is 15.5. The Bertz CT molecular complexity index is 977. The molecule has 0 fully saturated rings. The number of hydrogen-bond donors (Lipinski definition) is 3. The van der Waals surface area contributed by atoms with Gasteiger partial charge in [0.05, 0.1) is 12.8 Å². The van der Waals surface area contributed by atoms with Gasteiger partial charge < -0.3 is 10.1 Å². The molecule has 0 aromatic carbocycles. The lowest BCUT2D eigenvalue weighted by Gasteiger charge is -2.38. The summed E-state index contributed by atoms with van der Waals surface area (Å²) in [5, 5.41) is 16.8. The predicted molar refractivity (Wildman–Crippen MR) is 87.7 cm³/mol. The Labute approximate surface area is 139 Å². The van der Waals surface area contributed by atoms with Crippen molar-refractivity contribution in [3.05, 3.63) is 40.1 Å². The van der Waals surface area contributed by atoms with Gasteiger partial charge in [0.25, 0.3) is 11.5 Å². The van der Waals surface area contributed by atoms with Gasteiger partial charge in [0.15, 0.2) is 0 Å². The van der Waals surface area contributed by atoms with Crippen LogP contribution in [0.2, 0.25) is 0 Å². The summed E-state index contributed by atoms with van der Waals surface area (Å²) in [5.41, 5.74) is 0.168. The summed E-state index contributed by atoms with van der Waals surface area (Å²) in [6, 6.07) is 1.76. The molecule has 0 aliphatic heterocycles. The van der Waals surface area contributed by atoms with Crippen molar-refractivity contribution in [2.75, 3.05) is 6.61 Å². The summed E-state index contributed by atoms with van der Waals surface area (Å²) >= 11 is 1.25. The number of rotatable bonds is 2. The molecule has 8 heteroatoms. The number of hydrogen-bond acceptors (Lipinski definition) is 4. The van der Waals surface area contributed by atoms with Crippen LogP contribution in [0.4, 0.5) is 8.78 Å². The Morgan fingerprint density at radius 1 is 1.46 bits per heavy atom. The smallest absolute Gasteiger partial charge is 0.266 e. The van der Waals surface area contributed by atoms with Crippen LogP contribution in [0.1, 0.15) is 24.6 Å². The van der Waals surface area contributed by atoms with Crippen LogP contribution >= 0.6 is 11.3 Å². The Morgan fingerprint density at radius 2 is 2.25 bits per heavy atom. The fourth-order valence-corrected chi connectivity index (χ4v) is 4.57. The highest BCUT2D eigenvalue weighted by atomic mass is 32.1. The average molecular weight is 351 g/mol. The first-order chi connectivity index (χ1) is 11.3. The van der Waals surface area contributed by atoms with E-state index in [0.717, 1.165) is 10.4 Å². The van der Waals surface area contributed by atoms with E-state index in [1.165, 1.54) is 11.3 Å². The lowest BCUT2D eigenvalue weighted by Crippen LogP contribution is -2.43. The first-order valence-corrected chi connectivity index (χ1v) is 8.32. The molecule has 0 bridgehead atoms. The topological polar surface area (TPSA) is 81.8 Å². The minimum Gasteiger partial charge on any atom is -0.395 e. The summed E-state index contributed by atoms with van der Waals surface area (Å²) in [5.74, 6) is -2.92. The summed E-state index contributed by atoms with van der Waals surface area (Å²) in [7, 11) is 0. The fourth-order valence-electron chi connectivity index (χ4n) is 3.51. The number of halogens is 2. The van der Waals surface area contributed by atoms with Crippen LogP contribution < -0.4 is 5.56 Å². The maximum Gasteiger partial charge on any atom is 0.266 e. The van der Waals surface area contributed by atoms with E-state index in [1.54, 1.807) is 25.4 Å². The predicted octanol–water partition coefficient (Wildman–Crippen LogP) is 2.81. The van der Waals surface area contributed by atoms with Gasteiger partial charge >= 0.3 is 0 Å². The van der Waals surface area contributed by atoms with Crippen LogP contribution in [0, 0.1) is 0 Å². The summed E-state index contributed by atoms with van der Waals surface area (Å²) in [4.78, 5) is 16.0. The molecule has 0 saturated heterocycles. The van der Waals surface area contributed by atoms with Crippen LogP contribution in [0.5, 0.6) is 0 Å². The molecule has 0 radical (unpaired) electrons. The zero-order valence-electron chi connectivity index (χ0n) is 12.8. The number of H-pyrrole nitrogens is 2. The number of fused-ring (bicyclic) bond motifs is 3. The highest BCUT2D eigenvalue weighted by Gasteiger charge is 2.47. The number of thiophene rings is 1. The van der Waals surface area contributed by atoms with Crippen LogP contribution in [-0.2, 0) is 11.8 Å². The van der Waals surface area contributed by atoms with Gasteiger partial charge in [-0.25, -0.2) is 8.78 Å². The molecule has 0 amide bonds. The lowest BCUT2D eigenvalue weighted by molar-refractivity contribution is -0.0454. The maximum atomic E-state index is 14.3. The van der Waals surface area contributed by atoms with Crippen molar-refractivity contribution in [2.45, 2.75) is 31.1 Å². The van der Waals surface area contributed by atoms with Gasteiger partial charge in [-0.2, -0.15) is 5.10 Å². The minimum atomic E-state index is -2.92. The first-order valence-electron chi connectivity index (χ1n) is 7.50. The van der Waals surface area contributed by atoms with Crippen molar-refractivity contribution < 1.29 is 13.9 Å². The second kappa shape index (κ2) is 4.97. The molecule has 1 atom stereocenters. The van der Waals surface area contributed by atoms with E-state index < -0.39 is 30.8 Å². The summed E-state index contributed by atoms with van der Waals surface area (Å²) in [6.45, 7) is 1.11. The second-order valence-electron chi connectivity index (χ2n) is 6.58. The van der Waals surface area contributed by atoms with E-state index in [0.29, 0.717) is 21.3 Å². The molecule has 3 aromatic rings. The van der Waals surface area contributed by atoms with Gasteiger partial charge in [-0.15, -0.1) is 11.3 Å². The number of nitrogens with one attached hydrogen (secondary N) is 2. The van der Waals surface area contributed by atoms with Crippen LogP contribution in [0.25, 0.3) is 20.5 Å². The van der Waals surface area contributed by atoms with E-state index in [4.69, 9.17) is 0 Å². The average Bonchev–Trinajstić information content (AvgIpc) is 3.16. The van der Waals surface area contributed by atoms with Crippen molar-refractivity contribution in [3.63, 3.8) is 0 Å². The van der Waals surface area contributed by atoms with E-state index in [9.17, 15) is 18.7 Å². The third-order valence-corrected chi connectivity index (χ3v) is 5.81. The standard InChI is InChI=1S/C16H15F2N3O2S/c1-15(7-22)6-16(17,18)3-10-9-2-11(8-4-19-20-5-8)24-12(9)14(23)21-13(10)15/h2,4-5,22H,3,6-7H2,1H3,(H,19,20)(H,21,23). The molecule has 3 aromatic heterocycles. The second-order valence-corrected chi connectivity index (χ2v) is 7.63. The van der Waals surface area contributed by atoms with E-state index >= 15 is 0 Å². The molecule has 1 aliphatic rings. The summed E-state index contributed by atoms with van der Waals surface area (Å²) in [6.07, 6.45) is 2.39. The molecule has 5 nitrogen and oxygen atoms in total. The number of alkyl halides is 2.